The van der Waals surface area contributed by atoms with Crippen molar-refractivity contribution in [1.82, 2.24) is 4.90 Å². The van der Waals surface area contributed by atoms with Gasteiger partial charge in [-0.1, -0.05) is 26.3 Å². The van der Waals surface area contributed by atoms with Crippen molar-refractivity contribution in [1.29, 1.82) is 0 Å². The SMILES string of the molecule is CC.CC(c1c(F)cccc1F)N1CCCCC1.NCO. The summed E-state index contributed by atoms with van der Waals surface area (Å²) in [4.78, 5) is 2.16. The summed E-state index contributed by atoms with van der Waals surface area (Å²) < 4.78 is 27.2. The summed E-state index contributed by atoms with van der Waals surface area (Å²) in [6.45, 7) is 7.51. The van der Waals surface area contributed by atoms with Gasteiger partial charge in [-0.15, -0.1) is 0 Å². The Hall–Kier alpha value is -1.04. The predicted octanol–water partition coefficient (Wildman–Crippen LogP) is 3.43. The van der Waals surface area contributed by atoms with Crippen LogP contribution >= 0.6 is 0 Å². The molecule has 1 unspecified atom stereocenters. The van der Waals surface area contributed by atoms with Crippen molar-refractivity contribution in [3.05, 3.63) is 35.4 Å². The minimum Gasteiger partial charge on any atom is -0.382 e. The molecule has 0 spiro atoms. The first kappa shape index (κ1) is 20.0. The van der Waals surface area contributed by atoms with Gasteiger partial charge in [0.25, 0.3) is 0 Å². The quantitative estimate of drug-likeness (QED) is 0.823. The average molecular weight is 302 g/mol. The predicted molar refractivity (Wildman–Crippen MR) is 82.8 cm³/mol. The van der Waals surface area contributed by atoms with Crippen molar-refractivity contribution < 1.29 is 13.9 Å². The smallest absolute Gasteiger partial charge is 0.130 e. The molecule has 0 aliphatic carbocycles. The Morgan fingerprint density at radius 3 is 2.00 bits per heavy atom. The average Bonchev–Trinajstić information content (AvgIpc) is 2.51. The van der Waals surface area contributed by atoms with Gasteiger partial charge in [0.1, 0.15) is 11.6 Å². The van der Waals surface area contributed by atoms with E-state index in [1.165, 1.54) is 24.6 Å². The number of piperidine rings is 1. The number of nitrogens with two attached hydrogens (primary N) is 1. The molecule has 21 heavy (non-hydrogen) atoms. The number of aliphatic hydroxyl groups is 1. The van der Waals surface area contributed by atoms with Gasteiger partial charge in [-0.05, 0) is 45.0 Å². The molecule has 1 fully saturated rings. The lowest BCUT2D eigenvalue weighted by molar-refractivity contribution is 0.168. The summed E-state index contributed by atoms with van der Waals surface area (Å²) in [5, 5.41) is 7.35. The van der Waals surface area contributed by atoms with Crippen molar-refractivity contribution in [3.8, 4) is 0 Å². The molecule has 2 rings (SSSR count). The van der Waals surface area contributed by atoms with E-state index in [2.05, 4.69) is 10.6 Å². The van der Waals surface area contributed by atoms with Crippen molar-refractivity contribution >= 4 is 0 Å². The highest BCUT2D eigenvalue weighted by Gasteiger charge is 2.23. The molecule has 0 saturated carbocycles. The van der Waals surface area contributed by atoms with E-state index in [4.69, 9.17) is 5.11 Å². The first-order valence-corrected chi connectivity index (χ1v) is 7.60. The van der Waals surface area contributed by atoms with Gasteiger partial charge in [0, 0.05) is 11.6 Å². The third kappa shape index (κ3) is 6.50. The van der Waals surface area contributed by atoms with Crippen LogP contribution in [0.5, 0.6) is 0 Å². The molecular formula is C16H28F2N2O. The van der Waals surface area contributed by atoms with Gasteiger partial charge in [0.2, 0.25) is 0 Å². The molecule has 0 amide bonds. The highest BCUT2D eigenvalue weighted by atomic mass is 19.1. The molecule has 1 aromatic rings. The van der Waals surface area contributed by atoms with Gasteiger partial charge in [-0.3, -0.25) is 4.90 Å². The number of hydrogen-bond acceptors (Lipinski definition) is 3. The van der Waals surface area contributed by atoms with Gasteiger partial charge >= 0.3 is 0 Å². The number of benzene rings is 1. The van der Waals surface area contributed by atoms with Crippen LogP contribution in [-0.4, -0.2) is 29.8 Å². The third-order valence-corrected chi connectivity index (χ3v) is 3.36. The number of hydrogen-bond donors (Lipinski definition) is 2. The lowest BCUT2D eigenvalue weighted by Gasteiger charge is -2.32. The molecule has 1 aromatic carbocycles. The maximum Gasteiger partial charge on any atom is 0.130 e. The summed E-state index contributed by atoms with van der Waals surface area (Å²) in [5.41, 5.74) is 4.62. The second-order valence-electron chi connectivity index (χ2n) is 4.59. The highest BCUT2D eigenvalue weighted by Crippen LogP contribution is 2.27. The van der Waals surface area contributed by atoms with Gasteiger partial charge in [-0.25, -0.2) is 8.78 Å². The van der Waals surface area contributed by atoms with E-state index in [1.54, 1.807) is 0 Å². The molecule has 1 aliphatic rings. The summed E-state index contributed by atoms with van der Waals surface area (Å²) in [5.74, 6) is -0.865. The molecule has 0 bridgehead atoms. The van der Waals surface area contributed by atoms with Crippen LogP contribution in [0.15, 0.2) is 18.2 Å². The van der Waals surface area contributed by atoms with Gasteiger partial charge < -0.3 is 10.8 Å². The van der Waals surface area contributed by atoms with Crippen molar-refractivity contribution in [2.75, 3.05) is 19.8 Å². The van der Waals surface area contributed by atoms with Gasteiger partial charge in [-0.2, -0.15) is 0 Å². The summed E-state index contributed by atoms with van der Waals surface area (Å²) in [6.07, 6.45) is 3.48. The van der Waals surface area contributed by atoms with Crippen LogP contribution in [0.25, 0.3) is 0 Å². The van der Waals surface area contributed by atoms with Crippen LogP contribution in [0.1, 0.15) is 51.6 Å². The molecule has 1 saturated heterocycles. The highest BCUT2D eigenvalue weighted by molar-refractivity contribution is 5.23. The van der Waals surface area contributed by atoms with E-state index in [9.17, 15) is 8.78 Å². The summed E-state index contributed by atoms with van der Waals surface area (Å²) >= 11 is 0. The molecular weight excluding hydrogens is 274 g/mol. The standard InChI is InChI=1S/C13H17F2N.C2H6.CH5NO/c1-10(16-8-3-2-4-9-16)13-11(14)6-5-7-12(13)15;1-2;2-1-3/h5-7,10H,2-4,8-9H2,1H3;1-2H3;3H,1-2H2. The van der Waals surface area contributed by atoms with Gasteiger partial charge in [0.05, 0.1) is 6.73 Å². The number of likely N-dealkylation sites (tertiary alicyclic amines) is 1. The molecule has 0 aromatic heterocycles. The zero-order chi connectivity index (χ0) is 16.3. The number of halogens is 2. The molecule has 122 valence electrons. The van der Waals surface area contributed by atoms with Crippen LogP contribution in [0.3, 0.4) is 0 Å². The minimum atomic E-state index is -0.432. The molecule has 5 heteroatoms. The fourth-order valence-corrected chi connectivity index (χ4v) is 2.40. The molecule has 3 nitrogen and oxygen atoms in total. The molecule has 3 N–H and O–H groups in total. The zero-order valence-electron chi connectivity index (χ0n) is 13.3. The van der Waals surface area contributed by atoms with Crippen LogP contribution in [-0.2, 0) is 0 Å². The van der Waals surface area contributed by atoms with E-state index >= 15 is 0 Å². The number of rotatable bonds is 2. The van der Waals surface area contributed by atoms with Crippen molar-refractivity contribution in [3.63, 3.8) is 0 Å². The fourth-order valence-electron chi connectivity index (χ4n) is 2.40. The normalized spacial score (nSPS) is 16.1. The second-order valence-corrected chi connectivity index (χ2v) is 4.59. The van der Waals surface area contributed by atoms with Crippen LogP contribution in [0.2, 0.25) is 0 Å². The van der Waals surface area contributed by atoms with Crippen molar-refractivity contribution in [2.24, 2.45) is 5.73 Å². The number of aliphatic hydroxyl groups excluding tert-OH is 1. The van der Waals surface area contributed by atoms with E-state index in [0.29, 0.717) is 0 Å². The molecule has 1 heterocycles. The lowest BCUT2D eigenvalue weighted by Crippen LogP contribution is -2.33. The summed E-state index contributed by atoms with van der Waals surface area (Å²) in [6, 6.07) is 3.91. The fraction of sp³-hybridized carbons (Fsp3) is 0.625. The molecule has 1 aliphatic heterocycles. The second kappa shape index (κ2) is 11.6. The van der Waals surface area contributed by atoms with Gasteiger partial charge in [0.15, 0.2) is 0 Å². The minimum absolute atomic E-state index is 0.165. The first-order chi connectivity index (χ1) is 10.1. The van der Waals surface area contributed by atoms with E-state index < -0.39 is 11.6 Å². The van der Waals surface area contributed by atoms with Crippen molar-refractivity contribution in [2.45, 2.75) is 46.1 Å². The van der Waals surface area contributed by atoms with Crippen LogP contribution in [0, 0.1) is 11.6 Å². The van der Waals surface area contributed by atoms with Crippen LogP contribution < -0.4 is 5.73 Å². The lowest BCUT2D eigenvalue weighted by atomic mass is 10.0. The Labute approximate surface area is 126 Å². The first-order valence-electron chi connectivity index (χ1n) is 7.60. The zero-order valence-corrected chi connectivity index (χ0v) is 13.3. The topological polar surface area (TPSA) is 49.5 Å². The Morgan fingerprint density at radius 1 is 1.14 bits per heavy atom. The van der Waals surface area contributed by atoms with E-state index in [-0.39, 0.29) is 18.3 Å². The van der Waals surface area contributed by atoms with Crippen LogP contribution in [0.4, 0.5) is 8.78 Å². The largest absolute Gasteiger partial charge is 0.382 e. The maximum atomic E-state index is 13.6. The Morgan fingerprint density at radius 2 is 1.57 bits per heavy atom. The number of nitrogens with zero attached hydrogens (tertiary/aromatic N) is 1. The summed E-state index contributed by atoms with van der Waals surface area (Å²) in [7, 11) is 0. The van der Waals surface area contributed by atoms with E-state index in [0.717, 1.165) is 25.9 Å². The van der Waals surface area contributed by atoms with E-state index in [1.807, 2.05) is 20.8 Å². The third-order valence-electron chi connectivity index (χ3n) is 3.36. The molecule has 0 radical (unpaired) electrons. The molecule has 1 atom stereocenters. The maximum absolute atomic E-state index is 13.6. The Bertz CT molecular complexity index is 362. The monoisotopic (exact) mass is 302 g/mol. The Kier molecular flexibility index (Phi) is 11.0. The Balaban J connectivity index is 0.000000713.